The van der Waals surface area contributed by atoms with E-state index in [1.807, 2.05) is 0 Å². The Kier molecular flexibility index (Phi) is 4.33. The molecule has 80 valence electrons. The molecule has 0 spiro atoms. The van der Waals surface area contributed by atoms with Crippen molar-refractivity contribution in [3.8, 4) is 5.75 Å². The number of phenolic OH excluding ortho intramolecular Hbond substituents is 1. The third-order valence-electron chi connectivity index (χ3n) is 1.58. The Bertz CT molecular complexity index is 395. The molecular formula is C9H10ClN3OS. The van der Waals surface area contributed by atoms with Crippen molar-refractivity contribution in [3.63, 3.8) is 0 Å². The number of halogens is 1. The minimum atomic E-state index is 0.121. The van der Waals surface area contributed by atoms with Gasteiger partial charge in [0, 0.05) is 12.6 Å². The van der Waals surface area contributed by atoms with Crippen LogP contribution in [0.4, 0.5) is 0 Å². The van der Waals surface area contributed by atoms with Crippen LogP contribution < -0.4 is 10.7 Å². The van der Waals surface area contributed by atoms with Crippen LogP contribution in [0.3, 0.4) is 0 Å². The van der Waals surface area contributed by atoms with Crippen molar-refractivity contribution >= 4 is 35.1 Å². The monoisotopic (exact) mass is 243 g/mol. The fourth-order valence-corrected chi connectivity index (χ4v) is 1.11. The maximum Gasteiger partial charge on any atom is 0.186 e. The van der Waals surface area contributed by atoms with Gasteiger partial charge >= 0.3 is 0 Å². The predicted octanol–water partition coefficient (Wildman–Crippen LogP) is 1.47. The lowest BCUT2D eigenvalue weighted by Crippen LogP contribution is -2.28. The smallest absolute Gasteiger partial charge is 0.186 e. The van der Waals surface area contributed by atoms with Crippen molar-refractivity contribution in [2.45, 2.75) is 0 Å². The molecule has 0 bridgehead atoms. The molecule has 0 aliphatic heterocycles. The largest absolute Gasteiger partial charge is 0.508 e. The molecule has 4 nitrogen and oxygen atoms in total. The van der Waals surface area contributed by atoms with E-state index >= 15 is 0 Å². The number of aromatic hydroxyl groups is 1. The minimum absolute atomic E-state index is 0.121. The molecule has 1 aromatic carbocycles. The van der Waals surface area contributed by atoms with Gasteiger partial charge in [-0.25, -0.2) is 0 Å². The number of hydrazone groups is 1. The third kappa shape index (κ3) is 3.73. The van der Waals surface area contributed by atoms with Gasteiger partial charge in [0.15, 0.2) is 5.11 Å². The van der Waals surface area contributed by atoms with Crippen LogP contribution in [0.2, 0.25) is 5.02 Å². The van der Waals surface area contributed by atoms with Gasteiger partial charge in [-0.15, -0.1) is 0 Å². The number of thiocarbonyl (C=S) groups is 1. The van der Waals surface area contributed by atoms with Gasteiger partial charge in [-0.1, -0.05) is 11.6 Å². The fraction of sp³-hybridized carbons (Fsp3) is 0.111. The molecule has 0 radical (unpaired) electrons. The number of phenols is 1. The first-order valence-corrected chi connectivity index (χ1v) is 4.91. The molecule has 0 unspecified atom stereocenters. The first kappa shape index (κ1) is 11.7. The Labute approximate surface area is 97.9 Å². The first-order valence-electron chi connectivity index (χ1n) is 4.13. The van der Waals surface area contributed by atoms with Crippen LogP contribution in [0, 0.1) is 0 Å². The van der Waals surface area contributed by atoms with Crippen molar-refractivity contribution in [1.29, 1.82) is 0 Å². The first-order chi connectivity index (χ1) is 7.13. The molecule has 0 aliphatic rings. The highest BCUT2D eigenvalue weighted by Gasteiger charge is 1.98. The average Bonchev–Trinajstić information content (AvgIpc) is 2.21. The summed E-state index contributed by atoms with van der Waals surface area (Å²) in [5.41, 5.74) is 3.29. The zero-order valence-corrected chi connectivity index (χ0v) is 9.56. The van der Waals surface area contributed by atoms with Gasteiger partial charge in [-0.3, -0.25) is 5.43 Å². The van der Waals surface area contributed by atoms with Crippen molar-refractivity contribution in [2.24, 2.45) is 5.10 Å². The standard InChI is InChI=1S/C9H10ClN3OS/c1-11-9(15)13-12-5-6-2-3-7(14)4-8(6)10/h2-5,14H,1H3,(H2,11,13,15)/b12-5+. The van der Waals surface area contributed by atoms with Crippen LogP contribution in [-0.2, 0) is 0 Å². The Morgan fingerprint density at radius 3 is 2.93 bits per heavy atom. The van der Waals surface area contributed by atoms with E-state index < -0.39 is 0 Å². The quantitative estimate of drug-likeness (QED) is 0.418. The van der Waals surface area contributed by atoms with Crippen molar-refractivity contribution < 1.29 is 5.11 Å². The summed E-state index contributed by atoms with van der Waals surface area (Å²) in [5.74, 6) is 0.121. The number of benzene rings is 1. The summed E-state index contributed by atoms with van der Waals surface area (Å²) in [6.07, 6.45) is 1.52. The van der Waals surface area contributed by atoms with Crippen LogP contribution in [0.25, 0.3) is 0 Å². The van der Waals surface area contributed by atoms with Crippen molar-refractivity contribution in [3.05, 3.63) is 28.8 Å². The normalized spacial score (nSPS) is 10.3. The number of nitrogens with one attached hydrogen (secondary N) is 2. The number of rotatable bonds is 2. The summed E-state index contributed by atoms with van der Waals surface area (Å²) in [5, 5.41) is 16.5. The van der Waals surface area contributed by atoms with Crippen LogP contribution >= 0.6 is 23.8 Å². The lowest BCUT2D eigenvalue weighted by molar-refractivity contribution is 0.475. The van der Waals surface area contributed by atoms with Gasteiger partial charge in [0.1, 0.15) is 5.75 Å². The van der Waals surface area contributed by atoms with E-state index in [-0.39, 0.29) is 5.75 Å². The van der Waals surface area contributed by atoms with Crippen LogP contribution in [-0.4, -0.2) is 23.5 Å². The van der Waals surface area contributed by atoms with E-state index in [1.54, 1.807) is 13.1 Å². The zero-order valence-electron chi connectivity index (χ0n) is 7.99. The van der Waals surface area contributed by atoms with Crippen molar-refractivity contribution in [1.82, 2.24) is 10.7 Å². The summed E-state index contributed by atoms with van der Waals surface area (Å²) in [6, 6.07) is 4.63. The van der Waals surface area contributed by atoms with Crippen LogP contribution in [0.15, 0.2) is 23.3 Å². The van der Waals surface area contributed by atoms with E-state index in [2.05, 4.69) is 15.8 Å². The number of hydrogen-bond donors (Lipinski definition) is 3. The maximum atomic E-state index is 9.11. The summed E-state index contributed by atoms with van der Waals surface area (Å²) in [4.78, 5) is 0. The molecule has 3 N–H and O–H groups in total. The van der Waals surface area contributed by atoms with Gasteiger partial charge in [0.2, 0.25) is 0 Å². The van der Waals surface area contributed by atoms with Gasteiger partial charge in [-0.05, 0) is 30.4 Å². The van der Waals surface area contributed by atoms with E-state index in [4.69, 9.17) is 28.9 Å². The molecule has 0 saturated carbocycles. The lowest BCUT2D eigenvalue weighted by atomic mass is 10.2. The molecule has 1 aromatic rings. The van der Waals surface area contributed by atoms with Crippen molar-refractivity contribution in [2.75, 3.05) is 7.05 Å². The third-order valence-corrected chi connectivity index (χ3v) is 2.20. The van der Waals surface area contributed by atoms with Gasteiger partial charge in [0.25, 0.3) is 0 Å². The van der Waals surface area contributed by atoms with Crippen LogP contribution in [0.5, 0.6) is 5.75 Å². The molecule has 1 rings (SSSR count). The fourth-order valence-electron chi connectivity index (χ4n) is 0.837. The Morgan fingerprint density at radius 2 is 2.33 bits per heavy atom. The predicted molar refractivity (Wildman–Crippen MR) is 65.5 cm³/mol. The summed E-state index contributed by atoms with van der Waals surface area (Å²) >= 11 is 10.7. The molecule has 0 aromatic heterocycles. The molecular weight excluding hydrogens is 234 g/mol. The molecule has 6 heteroatoms. The molecule has 0 saturated heterocycles. The van der Waals surface area contributed by atoms with Crippen LogP contribution in [0.1, 0.15) is 5.56 Å². The summed E-state index contributed by atoms with van der Waals surface area (Å²) in [7, 11) is 1.69. The molecule has 15 heavy (non-hydrogen) atoms. The van der Waals surface area contributed by atoms with Gasteiger partial charge in [0.05, 0.1) is 11.2 Å². The SMILES string of the molecule is CNC(=S)N/N=C/c1ccc(O)cc1Cl. The highest BCUT2D eigenvalue weighted by molar-refractivity contribution is 7.80. The average molecular weight is 244 g/mol. The Balaban J connectivity index is 2.68. The highest BCUT2D eigenvalue weighted by Crippen LogP contribution is 2.19. The zero-order chi connectivity index (χ0) is 11.3. The second-order valence-corrected chi connectivity index (χ2v) is 3.47. The van der Waals surface area contributed by atoms with E-state index in [0.29, 0.717) is 15.7 Å². The maximum absolute atomic E-state index is 9.11. The summed E-state index contributed by atoms with van der Waals surface area (Å²) in [6.45, 7) is 0. The van der Waals surface area contributed by atoms with Gasteiger partial charge in [-0.2, -0.15) is 5.10 Å². The molecule has 0 amide bonds. The Hall–Kier alpha value is -1.33. The van der Waals surface area contributed by atoms with Gasteiger partial charge < -0.3 is 10.4 Å². The van der Waals surface area contributed by atoms with E-state index in [0.717, 1.165) is 0 Å². The topological polar surface area (TPSA) is 56.7 Å². The summed E-state index contributed by atoms with van der Waals surface area (Å²) < 4.78 is 0. The number of hydrogen-bond acceptors (Lipinski definition) is 3. The highest BCUT2D eigenvalue weighted by atomic mass is 35.5. The van der Waals surface area contributed by atoms with E-state index in [1.165, 1.54) is 18.3 Å². The molecule has 0 fully saturated rings. The minimum Gasteiger partial charge on any atom is -0.508 e. The number of nitrogens with zero attached hydrogens (tertiary/aromatic N) is 1. The molecule has 0 heterocycles. The Morgan fingerprint density at radius 1 is 1.60 bits per heavy atom. The second kappa shape index (κ2) is 5.53. The molecule has 0 atom stereocenters. The van der Waals surface area contributed by atoms with E-state index in [9.17, 15) is 0 Å². The molecule has 0 aliphatic carbocycles. The lowest BCUT2D eigenvalue weighted by Gasteiger charge is -2.01. The second-order valence-electron chi connectivity index (χ2n) is 2.65.